The minimum Gasteiger partial charge on any atom is -0.394 e. The molecule has 4 N–H and O–H groups in total. The summed E-state index contributed by atoms with van der Waals surface area (Å²) in [6, 6.07) is 0. The van der Waals surface area contributed by atoms with E-state index in [9.17, 15) is 15.3 Å². The van der Waals surface area contributed by atoms with Crippen LogP contribution in [-0.2, 0) is 4.74 Å². The van der Waals surface area contributed by atoms with Gasteiger partial charge in [-0.1, -0.05) is 39.0 Å². The van der Waals surface area contributed by atoms with Crippen molar-refractivity contribution in [3.05, 3.63) is 0 Å². The van der Waals surface area contributed by atoms with Gasteiger partial charge in [-0.15, -0.1) is 11.8 Å². The second-order valence-electron chi connectivity index (χ2n) is 5.34. The molecule has 0 spiro atoms. The van der Waals surface area contributed by atoms with Crippen LogP contribution in [0.4, 0.5) is 0 Å². The van der Waals surface area contributed by atoms with E-state index in [4.69, 9.17) is 9.84 Å². The normalized spacial score (nSPS) is 34.4. The summed E-state index contributed by atoms with van der Waals surface area (Å²) in [6.45, 7) is 1.83. The number of aliphatic hydroxyl groups is 4. The monoisotopic (exact) mass is 308 g/mol. The van der Waals surface area contributed by atoms with Crippen LogP contribution in [0.25, 0.3) is 0 Å². The zero-order chi connectivity index (χ0) is 15.0. The fourth-order valence-electron chi connectivity index (χ4n) is 2.29. The number of rotatable bonds is 9. The van der Waals surface area contributed by atoms with Gasteiger partial charge in [0.05, 0.1) is 6.61 Å². The molecule has 0 aromatic rings. The van der Waals surface area contributed by atoms with Gasteiger partial charge in [0.1, 0.15) is 29.9 Å². The minimum atomic E-state index is -1.26. The number of ether oxygens (including phenoxy) is 1. The van der Waals surface area contributed by atoms with Crippen molar-refractivity contribution in [2.75, 3.05) is 12.4 Å². The summed E-state index contributed by atoms with van der Waals surface area (Å²) in [4.78, 5) is 0. The summed E-state index contributed by atoms with van der Waals surface area (Å²) in [5.74, 6) is 0.842. The molecular weight excluding hydrogens is 280 g/mol. The van der Waals surface area contributed by atoms with Gasteiger partial charge in [0.25, 0.3) is 0 Å². The second kappa shape index (κ2) is 9.97. The largest absolute Gasteiger partial charge is 0.394 e. The molecule has 5 atom stereocenters. The van der Waals surface area contributed by atoms with Crippen LogP contribution in [0.1, 0.15) is 45.4 Å². The van der Waals surface area contributed by atoms with E-state index in [2.05, 4.69) is 6.92 Å². The van der Waals surface area contributed by atoms with Crippen LogP contribution in [0.2, 0.25) is 0 Å². The molecule has 0 radical (unpaired) electrons. The van der Waals surface area contributed by atoms with Crippen molar-refractivity contribution < 1.29 is 25.2 Å². The number of thioether (sulfide) groups is 1. The number of unbranched alkanes of at least 4 members (excludes halogenated alkanes) is 5. The van der Waals surface area contributed by atoms with Crippen molar-refractivity contribution in [3.8, 4) is 0 Å². The van der Waals surface area contributed by atoms with Gasteiger partial charge in [0.2, 0.25) is 0 Å². The molecule has 0 amide bonds. The second-order valence-corrected chi connectivity index (χ2v) is 6.54. The summed E-state index contributed by atoms with van der Waals surface area (Å²) < 4.78 is 5.43. The molecule has 1 aliphatic heterocycles. The number of aliphatic hydroxyl groups excluding tert-OH is 4. The summed E-state index contributed by atoms with van der Waals surface area (Å²) in [5, 5.41) is 38.3. The van der Waals surface area contributed by atoms with E-state index in [-0.39, 0.29) is 6.61 Å². The highest BCUT2D eigenvalue weighted by atomic mass is 32.2. The summed E-state index contributed by atoms with van der Waals surface area (Å²) in [6.07, 6.45) is 2.77. The van der Waals surface area contributed by atoms with E-state index in [0.29, 0.717) is 0 Å². The van der Waals surface area contributed by atoms with Crippen LogP contribution in [0.5, 0.6) is 0 Å². The lowest BCUT2D eigenvalue weighted by molar-refractivity contribution is -0.205. The molecule has 6 heteroatoms. The molecule has 20 heavy (non-hydrogen) atoms. The lowest BCUT2D eigenvalue weighted by Crippen LogP contribution is -2.57. The van der Waals surface area contributed by atoms with Crippen molar-refractivity contribution in [2.24, 2.45) is 0 Å². The van der Waals surface area contributed by atoms with Gasteiger partial charge in [-0.2, -0.15) is 0 Å². The highest BCUT2D eigenvalue weighted by molar-refractivity contribution is 7.99. The average molecular weight is 308 g/mol. The molecule has 0 bridgehead atoms. The fraction of sp³-hybridized carbons (Fsp3) is 1.00. The predicted molar refractivity (Wildman–Crippen MR) is 79.6 cm³/mol. The average Bonchev–Trinajstić information content (AvgIpc) is 2.46. The molecule has 1 saturated heterocycles. The summed E-state index contributed by atoms with van der Waals surface area (Å²) >= 11 is 1.44. The number of hydrogen-bond donors (Lipinski definition) is 4. The first-order valence-electron chi connectivity index (χ1n) is 7.54. The Morgan fingerprint density at radius 1 is 0.900 bits per heavy atom. The van der Waals surface area contributed by atoms with E-state index >= 15 is 0 Å². The minimum absolute atomic E-state index is 0.362. The van der Waals surface area contributed by atoms with Crippen LogP contribution >= 0.6 is 11.8 Å². The molecule has 0 aromatic heterocycles. The molecule has 1 fully saturated rings. The lowest BCUT2D eigenvalue weighted by atomic mass is 10.0. The van der Waals surface area contributed by atoms with E-state index < -0.39 is 29.9 Å². The first kappa shape index (κ1) is 18.2. The van der Waals surface area contributed by atoms with Gasteiger partial charge in [0, 0.05) is 0 Å². The Kier molecular flexibility index (Phi) is 9.08. The molecule has 1 heterocycles. The first-order valence-corrected chi connectivity index (χ1v) is 8.58. The van der Waals surface area contributed by atoms with Crippen molar-refractivity contribution in [1.29, 1.82) is 0 Å². The Morgan fingerprint density at radius 3 is 2.20 bits per heavy atom. The van der Waals surface area contributed by atoms with Crippen molar-refractivity contribution in [3.63, 3.8) is 0 Å². The predicted octanol–water partition coefficient (Wildman–Crippen LogP) is 0.880. The van der Waals surface area contributed by atoms with Gasteiger partial charge in [-0.25, -0.2) is 0 Å². The Hall–Kier alpha value is 0.150. The Labute approximate surface area is 125 Å². The molecule has 0 aliphatic carbocycles. The highest BCUT2D eigenvalue weighted by Crippen LogP contribution is 2.29. The Morgan fingerprint density at radius 2 is 1.55 bits per heavy atom. The third-order valence-corrected chi connectivity index (χ3v) is 4.87. The third kappa shape index (κ3) is 5.50. The van der Waals surface area contributed by atoms with Crippen LogP contribution in [-0.4, -0.2) is 62.6 Å². The van der Waals surface area contributed by atoms with Gasteiger partial charge >= 0.3 is 0 Å². The van der Waals surface area contributed by atoms with Gasteiger partial charge in [-0.3, -0.25) is 0 Å². The smallest absolute Gasteiger partial charge is 0.132 e. The maximum atomic E-state index is 9.86. The maximum absolute atomic E-state index is 9.86. The quantitative estimate of drug-likeness (QED) is 0.473. The molecule has 1 unspecified atom stereocenters. The van der Waals surface area contributed by atoms with Gasteiger partial charge < -0.3 is 25.2 Å². The zero-order valence-electron chi connectivity index (χ0n) is 12.1. The van der Waals surface area contributed by atoms with Crippen LogP contribution in [0, 0.1) is 0 Å². The zero-order valence-corrected chi connectivity index (χ0v) is 13.0. The van der Waals surface area contributed by atoms with E-state index in [1.54, 1.807) is 0 Å². The molecule has 0 saturated carbocycles. The number of hydrogen-bond acceptors (Lipinski definition) is 6. The molecular formula is C14H28O5S. The van der Waals surface area contributed by atoms with E-state index in [1.807, 2.05) is 0 Å². The molecule has 0 aromatic carbocycles. The van der Waals surface area contributed by atoms with Crippen molar-refractivity contribution in [2.45, 2.75) is 75.3 Å². The highest BCUT2D eigenvalue weighted by Gasteiger charge is 2.43. The lowest BCUT2D eigenvalue weighted by Gasteiger charge is -2.39. The fourth-order valence-corrected chi connectivity index (χ4v) is 3.47. The van der Waals surface area contributed by atoms with Crippen LogP contribution in [0.3, 0.4) is 0 Å². The van der Waals surface area contributed by atoms with Gasteiger partial charge in [-0.05, 0) is 12.2 Å². The topological polar surface area (TPSA) is 90.2 Å². The van der Waals surface area contributed by atoms with E-state index in [1.165, 1.54) is 37.4 Å². The Bertz CT molecular complexity index is 252. The first-order chi connectivity index (χ1) is 9.61. The summed E-state index contributed by atoms with van der Waals surface area (Å²) in [7, 11) is 0. The molecule has 120 valence electrons. The molecule has 1 aliphatic rings. The van der Waals surface area contributed by atoms with Crippen LogP contribution in [0.15, 0.2) is 0 Å². The van der Waals surface area contributed by atoms with E-state index in [0.717, 1.165) is 18.6 Å². The Balaban J connectivity index is 2.21. The van der Waals surface area contributed by atoms with Crippen LogP contribution < -0.4 is 0 Å². The SMILES string of the molecule is CCCCCCCCS[C@@H]1OC(CO)[C@H](O)[C@@H](O)[C@H]1O. The molecule has 5 nitrogen and oxygen atoms in total. The van der Waals surface area contributed by atoms with Crippen molar-refractivity contribution in [1.82, 2.24) is 0 Å². The molecule has 1 rings (SSSR count). The third-order valence-electron chi connectivity index (χ3n) is 3.63. The van der Waals surface area contributed by atoms with Crippen molar-refractivity contribution >= 4 is 11.8 Å². The maximum Gasteiger partial charge on any atom is 0.132 e. The van der Waals surface area contributed by atoms with Gasteiger partial charge in [0.15, 0.2) is 0 Å². The standard InChI is InChI=1S/C14H28O5S/c1-2-3-4-5-6-7-8-20-14-13(18)12(17)11(16)10(9-15)19-14/h10-18H,2-9H2,1H3/t10?,11-,12+,13+,14-/m0/s1. The summed E-state index contributed by atoms with van der Waals surface area (Å²) in [5.41, 5.74) is -0.582.